The second kappa shape index (κ2) is 12.5. The molecule has 2 aromatic rings. The summed E-state index contributed by atoms with van der Waals surface area (Å²) in [6.07, 6.45) is -0.834. The average Bonchev–Trinajstić information content (AvgIpc) is 3.49. The number of unbranched alkanes of at least 4 members (excludes halogenated alkanes) is 1. The summed E-state index contributed by atoms with van der Waals surface area (Å²) in [5.74, 6) is -1.96. The molecule has 0 unspecified atom stereocenters. The predicted molar refractivity (Wildman–Crippen MR) is 131 cm³/mol. The van der Waals surface area contributed by atoms with E-state index in [2.05, 4.69) is 20.9 Å². The van der Waals surface area contributed by atoms with E-state index in [4.69, 9.17) is 13.9 Å². The van der Waals surface area contributed by atoms with Crippen molar-refractivity contribution in [1.82, 2.24) is 25.9 Å². The van der Waals surface area contributed by atoms with Gasteiger partial charge in [-0.1, -0.05) is 40.5 Å². The minimum atomic E-state index is -1.16. The van der Waals surface area contributed by atoms with Gasteiger partial charge in [0.2, 0.25) is 17.6 Å². The molecule has 1 fully saturated rings. The number of benzene rings is 1. The van der Waals surface area contributed by atoms with Crippen LogP contribution in [0.15, 0.2) is 28.7 Å². The standard InChI is InChI=1S/C25H32FN5O7/c1-5-6-7-17(20(32)21(33)30-31-12-13-36-24(31)35)27-23(34)37-18(25(2,3)4)14-19-28-29-22(38-19)15-8-10-16(26)11-9-15/h8-11,17-18H,5-7,12-14H2,1-4H3,(H,27,34)(H,30,33)/t17-,18+/m0/s1. The monoisotopic (exact) mass is 533 g/mol. The third kappa shape index (κ3) is 7.73. The Morgan fingerprint density at radius 2 is 1.89 bits per heavy atom. The van der Waals surface area contributed by atoms with E-state index in [1.54, 1.807) is 0 Å². The summed E-state index contributed by atoms with van der Waals surface area (Å²) in [7, 11) is 0. The quantitative estimate of drug-likeness (QED) is 0.415. The van der Waals surface area contributed by atoms with Gasteiger partial charge in [-0.3, -0.25) is 15.0 Å². The van der Waals surface area contributed by atoms with Crippen molar-refractivity contribution >= 4 is 23.9 Å². The van der Waals surface area contributed by atoms with E-state index in [1.807, 2.05) is 27.7 Å². The number of nitrogens with one attached hydrogen (secondary N) is 2. The Balaban J connectivity index is 1.65. The molecule has 1 aliphatic heterocycles. The van der Waals surface area contributed by atoms with Crippen LogP contribution in [0.25, 0.3) is 11.5 Å². The van der Waals surface area contributed by atoms with E-state index in [9.17, 15) is 23.6 Å². The number of rotatable bonds is 11. The number of carbonyl (C=O) groups excluding carboxylic acids is 4. The SMILES string of the molecule is CCCC[C@H](NC(=O)O[C@H](Cc1nnc(-c2ccc(F)cc2)o1)C(C)(C)C)C(=O)C(=O)NN1CCOC1=O. The molecule has 0 saturated carbocycles. The van der Waals surface area contributed by atoms with Crippen LogP contribution in [0.4, 0.5) is 14.0 Å². The highest BCUT2D eigenvalue weighted by molar-refractivity contribution is 6.38. The zero-order valence-electron chi connectivity index (χ0n) is 21.8. The maximum absolute atomic E-state index is 13.2. The van der Waals surface area contributed by atoms with Crippen LogP contribution in [0.2, 0.25) is 0 Å². The third-order valence-electron chi connectivity index (χ3n) is 5.81. The number of aromatic nitrogens is 2. The molecule has 2 atom stereocenters. The van der Waals surface area contributed by atoms with Crippen LogP contribution in [0.1, 0.15) is 52.8 Å². The molecule has 0 aliphatic carbocycles. The Labute approximate surface area is 219 Å². The molecule has 0 radical (unpaired) electrons. The van der Waals surface area contributed by atoms with E-state index in [1.165, 1.54) is 24.3 Å². The summed E-state index contributed by atoms with van der Waals surface area (Å²) in [6, 6.07) is 4.41. The Morgan fingerprint density at radius 3 is 2.50 bits per heavy atom. The normalized spacial score (nSPS) is 15.0. The minimum Gasteiger partial charge on any atom is -0.446 e. The smallest absolute Gasteiger partial charge is 0.428 e. The van der Waals surface area contributed by atoms with Crippen LogP contribution in [-0.2, 0) is 25.5 Å². The number of halogens is 1. The zero-order valence-corrected chi connectivity index (χ0v) is 21.8. The molecular weight excluding hydrogens is 501 g/mol. The van der Waals surface area contributed by atoms with Crippen molar-refractivity contribution in [2.45, 2.75) is 65.5 Å². The Kier molecular flexibility index (Phi) is 9.37. The number of cyclic esters (lactones) is 1. The number of carbonyl (C=O) groups is 4. The minimum absolute atomic E-state index is 0.0796. The Bertz CT molecular complexity index is 1150. The van der Waals surface area contributed by atoms with Gasteiger partial charge in [0.25, 0.3) is 0 Å². The molecule has 206 valence electrons. The van der Waals surface area contributed by atoms with Crippen molar-refractivity contribution in [2.24, 2.45) is 5.41 Å². The molecule has 3 rings (SSSR count). The lowest BCUT2D eigenvalue weighted by molar-refractivity contribution is -0.141. The predicted octanol–water partition coefficient (Wildman–Crippen LogP) is 3.17. The van der Waals surface area contributed by atoms with Gasteiger partial charge in [0.1, 0.15) is 24.6 Å². The number of Topliss-reactive ketones (excluding diaryl/α,β-unsaturated/α-hetero) is 1. The molecule has 0 bridgehead atoms. The Hall–Kier alpha value is -4.03. The largest absolute Gasteiger partial charge is 0.446 e. The van der Waals surface area contributed by atoms with Crippen molar-refractivity contribution in [1.29, 1.82) is 0 Å². The number of hydrogen-bond donors (Lipinski definition) is 2. The number of ether oxygens (including phenoxy) is 2. The first-order valence-electron chi connectivity index (χ1n) is 12.3. The second-order valence-electron chi connectivity index (χ2n) is 9.88. The number of amides is 3. The van der Waals surface area contributed by atoms with E-state index in [-0.39, 0.29) is 37.8 Å². The number of hydrazine groups is 1. The summed E-state index contributed by atoms with van der Waals surface area (Å²) in [5.41, 5.74) is 2.18. The van der Waals surface area contributed by atoms with E-state index < -0.39 is 47.3 Å². The summed E-state index contributed by atoms with van der Waals surface area (Å²) < 4.78 is 29.3. The van der Waals surface area contributed by atoms with E-state index in [0.29, 0.717) is 12.0 Å². The van der Waals surface area contributed by atoms with Crippen LogP contribution < -0.4 is 10.7 Å². The molecule has 0 spiro atoms. The molecule has 1 aromatic heterocycles. The second-order valence-corrected chi connectivity index (χ2v) is 9.88. The van der Waals surface area contributed by atoms with E-state index in [0.717, 1.165) is 11.4 Å². The lowest BCUT2D eigenvalue weighted by Crippen LogP contribution is -2.52. The highest BCUT2D eigenvalue weighted by Crippen LogP contribution is 2.27. The van der Waals surface area contributed by atoms with Gasteiger partial charge >= 0.3 is 18.1 Å². The number of hydrogen-bond acceptors (Lipinski definition) is 9. The third-order valence-corrected chi connectivity index (χ3v) is 5.81. The zero-order chi connectivity index (χ0) is 27.9. The summed E-state index contributed by atoms with van der Waals surface area (Å²) >= 11 is 0. The summed E-state index contributed by atoms with van der Waals surface area (Å²) in [5, 5.41) is 11.4. The van der Waals surface area contributed by atoms with Crippen LogP contribution in [0.5, 0.6) is 0 Å². The van der Waals surface area contributed by atoms with Crippen molar-refractivity contribution in [2.75, 3.05) is 13.2 Å². The fourth-order valence-electron chi connectivity index (χ4n) is 3.54. The van der Waals surface area contributed by atoms with Gasteiger partial charge in [-0.2, -0.15) is 0 Å². The number of nitrogens with zero attached hydrogens (tertiary/aromatic N) is 3. The van der Waals surface area contributed by atoms with Gasteiger partial charge in [0.05, 0.1) is 13.0 Å². The van der Waals surface area contributed by atoms with Gasteiger partial charge in [0.15, 0.2) is 0 Å². The molecule has 2 heterocycles. The topological polar surface area (TPSA) is 153 Å². The molecule has 38 heavy (non-hydrogen) atoms. The lowest BCUT2D eigenvalue weighted by atomic mass is 9.87. The molecule has 1 saturated heterocycles. The molecule has 1 aromatic carbocycles. The fourth-order valence-corrected chi connectivity index (χ4v) is 3.54. The number of alkyl carbamates (subject to hydrolysis) is 1. The van der Waals surface area contributed by atoms with Gasteiger partial charge in [-0.15, -0.1) is 10.2 Å². The molecular formula is C25H32FN5O7. The molecule has 3 amide bonds. The molecule has 2 N–H and O–H groups in total. The van der Waals surface area contributed by atoms with Gasteiger partial charge in [-0.25, -0.2) is 19.0 Å². The Morgan fingerprint density at radius 1 is 1.18 bits per heavy atom. The highest BCUT2D eigenvalue weighted by Gasteiger charge is 2.34. The van der Waals surface area contributed by atoms with Crippen molar-refractivity contribution in [3.05, 3.63) is 36.0 Å². The molecule has 1 aliphatic rings. The maximum atomic E-state index is 13.2. The number of ketones is 1. The van der Waals surface area contributed by atoms with Crippen molar-refractivity contribution in [3.63, 3.8) is 0 Å². The first-order chi connectivity index (χ1) is 18.0. The summed E-state index contributed by atoms with van der Waals surface area (Å²) in [4.78, 5) is 49.6. The van der Waals surface area contributed by atoms with Crippen LogP contribution in [0.3, 0.4) is 0 Å². The van der Waals surface area contributed by atoms with Crippen LogP contribution in [0, 0.1) is 11.2 Å². The average molecular weight is 534 g/mol. The first kappa shape index (κ1) is 28.5. The van der Waals surface area contributed by atoms with Gasteiger partial charge in [0, 0.05) is 5.56 Å². The van der Waals surface area contributed by atoms with Crippen molar-refractivity contribution in [3.8, 4) is 11.5 Å². The van der Waals surface area contributed by atoms with E-state index >= 15 is 0 Å². The summed E-state index contributed by atoms with van der Waals surface area (Å²) in [6.45, 7) is 7.66. The first-order valence-corrected chi connectivity index (χ1v) is 12.3. The lowest BCUT2D eigenvalue weighted by Gasteiger charge is -2.30. The van der Waals surface area contributed by atoms with Crippen LogP contribution >= 0.6 is 0 Å². The maximum Gasteiger partial charge on any atom is 0.428 e. The highest BCUT2D eigenvalue weighted by atomic mass is 19.1. The van der Waals surface area contributed by atoms with Gasteiger partial charge < -0.3 is 19.2 Å². The van der Waals surface area contributed by atoms with Crippen molar-refractivity contribution < 1.29 is 37.5 Å². The van der Waals surface area contributed by atoms with Gasteiger partial charge in [-0.05, 0) is 36.1 Å². The fraction of sp³-hybridized carbons (Fsp3) is 0.520. The van der Waals surface area contributed by atoms with Crippen LogP contribution in [-0.4, -0.2) is 64.4 Å². The molecule has 13 heteroatoms. The molecule has 12 nitrogen and oxygen atoms in total.